The number of para-hydroxylation sites is 1. The van der Waals surface area contributed by atoms with E-state index in [1.807, 2.05) is 29.2 Å². The lowest BCUT2D eigenvalue weighted by atomic mass is 9.65. The molecule has 3 aromatic carbocycles. The molecule has 6 nitrogen and oxygen atoms in total. The minimum atomic E-state index is -0.497. The molecule has 4 rings (SSSR count). The van der Waals surface area contributed by atoms with Gasteiger partial charge in [0.25, 0.3) is 11.6 Å². The number of anilines is 1. The molecule has 0 radical (unpaired) electrons. The molecule has 0 bridgehead atoms. The monoisotopic (exact) mass is 459 g/mol. The molecular formula is C26H25N3O3S. The molecule has 0 saturated carbocycles. The van der Waals surface area contributed by atoms with Gasteiger partial charge in [0, 0.05) is 34.3 Å². The van der Waals surface area contributed by atoms with E-state index in [1.165, 1.54) is 29.8 Å². The Bertz CT molecular complexity index is 1230. The van der Waals surface area contributed by atoms with Crippen LogP contribution in [0, 0.1) is 10.1 Å². The maximum Gasteiger partial charge on any atom is 0.269 e. The van der Waals surface area contributed by atoms with Crippen molar-refractivity contribution in [3.05, 3.63) is 106 Å². The molecule has 7 heteroatoms. The second-order valence-electron chi connectivity index (χ2n) is 9.10. The highest BCUT2D eigenvalue weighted by Gasteiger charge is 2.46. The number of nitro groups is 1. The number of amides is 1. The largest absolute Gasteiger partial charge is 0.313 e. The van der Waals surface area contributed by atoms with Crippen LogP contribution in [0.15, 0.2) is 78.9 Å². The van der Waals surface area contributed by atoms with Gasteiger partial charge < -0.3 is 4.90 Å². The molecule has 33 heavy (non-hydrogen) atoms. The number of nitrogens with zero attached hydrogens (tertiary/aromatic N) is 2. The fraction of sp³-hybridized carbons (Fsp3) is 0.231. The molecule has 0 aliphatic carbocycles. The molecule has 0 spiro atoms. The van der Waals surface area contributed by atoms with E-state index in [4.69, 9.17) is 12.2 Å². The van der Waals surface area contributed by atoms with Gasteiger partial charge in [-0.3, -0.25) is 20.2 Å². The van der Waals surface area contributed by atoms with Gasteiger partial charge >= 0.3 is 0 Å². The van der Waals surface area contributed by atoms with Gasteiger partial charge in [0.2, 0.25) is 0 Å². The van der Waals surface area contributed by atoms with Crippen molar-refractivity contribution in [1.29, 1.82) is 0 Å². The van der Waals surface area contributed by atoms with Crippen LogP contribution >= 0.6 is 12.2 Å². The van der Waals surface area contributed by atoms with E-state index in [9.17, 15) is 14.9 Å². The number of nitro benzene ring substituents is 1. The highest BCUT2D eigenvalue weighted by Crippen LogP contribution is 2.50. The fourth-order valence-corrected chi connectivity index (χ4v) is 5.35. The number of non-ortho nitro benzene ring substituents is 1. The first kappa shape index (κ1) is 22.6. The Morgan fingerprint density at radius 2 is 1.58 bits per heavy atom. The average Bonchev–Trinajstić information content (AvgIpc) is 2.79. The summed E-state index contributed by atoms with van der Waals surface area (Å²) in [4.78, 5) is 25.3. The molecule has 1 heterocycles. The number of carbonyl (C=O) groups is 1. The van der Waals surface area contributed by atoms with E-state index >= 15 is 0 Å². The van der Waals surface area contributed by atoms with Crippen molar-refractivity contribution < 1.29 is 9.72 Å². The molecule has 1 aliphatic heterocycles. The van der Waals surface area contributed by atoms with Crippen LogP contribution in [0.1, 0.15) is 48.7 Å². The molecule has 0 fully saturated rings. The van der Waals surface area contributed by atoms with Crippen molar-refractivity contribution in [2.45, 2.75) is 38.1 Å². The predicted molar refractivity (Wildman–Crippen MR) is 134 cm³/mol. The Balaban J connectivity index is 1.68. The van der Waals surface area contributed by atoms with Crippen molar-refractivity contribution in [3.8, 4) is 0 Å². The summed E-state index contributed by atoms with van der Waals surface area (Å²) in [6.07, 6.45) is 0.786. The Hall–Kier alpha value is -3.58. The maximum absolute atomic E-state index is 12.9. The summed E-state index contributed by atoms with van der Waals surface area (Å²) in [6, 6.07) is 24.0. The first-order valence-corrected chi connectivity index (χ1v) is 11.1. The Morgan fingerprint density at radius 1 is 0.970 bits per heavy atom. The van der Waals surface area contributed by atoms with Crippen molar-refractivity contribution in [3.63, 3.8) is 0 Å². The zero-order valence-corrected chi connectivity index (χ0v) is 19.6. The lowest BCUT2D eigenvalue weighted by Gasteiger charge is -2.52. The van der Waals surface area contributed by atoms with Crippen molar-refractivity contribution in [1.82, 2.24) is 5.32 Å². The number of rotatable bonds is 3. The minimum Gasteiger partial charge on any atom is -0.313 e. The highest BCUT2D eigenvalue weighted by atomic mass is 32.1. The summed E-state index contributed by atoms with van der Waals surface area (Å²) in [5, 5.41) is 14.0. The molecule has 1 aliphatic rings. The molecule has 0 aromatic heterocycles. The van der Waals surface area contributed by atoms with Gasteiger partial charge in [-0.2, -0.15) is 0 Å². The van der Waals surface area contributed by atoms with Gasteiger partial charge in [0.1, 0.15) is 0 Å². The van der Waals surface area contributed by atoms with Gasteiger partial charge in [0.15, 0.2) is 5.11 Å². The van der Waals surface area contributed by atoms with Crippen LogP contribution < -0.4 is 10.2 Å². The van der Waals surface area contributed by atoms with E-state index in [2.05, 4.69) is 56.4 Å². The number of thiocarbonyl (C=S) groups is 1. The molecule has 1 N–H and O–H groups in total. The van der Waals surface area contributed by atoms with E-state index in [1.54, 1.807) is 0 Å². The number of carbonyl (C=O) groups excluding carboxylic acids is 1. The lowest BCUT2D eigenvalue weighted by molar-refractivity contribution is -0.384. The van der Waals surface area contributed by atoms with E-state index < -0.39 is 16.4 Å². The molecule has 3 aromatic rings. The van der Waals surface area contributed by atoms with Gasteiger partial charge in [-0.1, -0.05) is 55.5 Å². The molecular weight excluding hydrogens is 434 g/mol. The van der Waals surface area contributed by atoms with Crippen LogP contribution in [0.25, 0.3) is 0 Å². The number of hydrogen-bond donors (Lipinski definition) is 1. The van der Waals surface area contributed by atoms with Gasteiger partial charge in [0.05, 0.1) is 4.92 Å². The Kier molecular flexibility index (Phi) is 5.76. The average molecular weight is 460 g/mol. The maximum atomic E-state index is 12.9. The van der Waals surface area contributed by atoms with E-state index in [0.29, 0.717) is 10.7 Å². The SMILES string of the molecule is CC1(C)C[C@](C)(c2ccccc2)c2ccccc2N1C(=S)NC(=O)c1ccc([N+](=O)[O-])cc1. The molecule has 0 saturated heterocycles. The zero-order valence-electron chi connectivity index (χ0n) is 18.7. The van der Waals surface area contributed by atoms with Crippen molar-refractivity contribution in [2.24, 2.45) is 0 Å². The van der Waals surface area contributed by atoms with Crippen LogP contribution in [0.5, 0.6) is 0 Å². The second kappa shape index (κ2) is 8.41. The standard InChI is InChI=1S/C26H25N3O3S/c1-25(2)17-26(3,19-9-5-4-6-10-19)21-11-7-8-12-22(21)28(25)24(33)27-23(30)18-13-15-20(16-14-18)29(31)32/h4-16H,17H2,1-3H3,(H,27,30,33)/t26-/m1/s1. The van der Waals surface area contributed by atoms with E-state index in [0.717, 1.165) is 17.7 Å². The summed E-state index contributed by atoms with van der Waals surface area (Å²) in [7, 11) is 0. The van der Waals surface area contributed by atoms with Crippen LogP contribution in [0.3, 0.4) is 0 Å². The van der Waals surface area contributed by atoms with Crippen LogP contribution in [0.2, 0.25) is 0 Å². The number of benzene rings is 3. The third-order valence-corrected chi connectivity index (χ3v) is 6.59. The summed E-state index contributed by atoms with van der Waals surface area (Å²) in [5.41, 5.74) is 2.94. The Labute approximate surface area is 198 Å². The van der Waals surface area contributed by atoms with Gasteiger partial charge in [-0.15, -0.1) is 0 Å². The van der Waals surface area contributed by atoms with Crippen LogP contribution in [-0.4, -0.2) is 21.5 Å². The molecule has 0 unspecified atom stereocenters. The third kappa shape index (κ3) is 4.12. The Morgan fingerprint density at radius 3 is 2.21 bits per heavy atom. The number of nitrogens with one attached hydrogen (secondary N) is 1. The van der Waals surface area contributed by atoms with Crippen LogP contribution in [0.4, 0.5) is 11.4 Å². The summed E-state index contributed by atoms with van der Waals surface area (Å²) < 4.78 is 0. The highest BCUT2D eigenvalue weighted by molar-refractivity contribution is 7.80. The summed E-state index contributed by atoms with van der Waals surface area (Å²) >= 11 is 5.72. The molecule has 1 amide bonds. The minimum absolute atomic E-state index is 0.0691. The molecule has 1 atom stereocenters. The lowest BCUT2D eigenvalue weighted by Crippen LogP contribution is -2.59. The summed E-state index contributed by atoms with van der Waals surface area (Å²) in [5.74, 6) is -0.403. The first-order chi connectivity index (χ1) is 15.6. The summed E-state index contributed by atoms with van der Waals surface area (Å²) in [6.45, 7) is 6.49. The topological polar surface area (TPSA) is 75.5 Å². The first-order valence-electron chi connectivity index (χ1n) is 10.7. The quantitative estimate of drug-likeness (QED) is 0.313. The number of fused-ring (bicyclic) bond motifs is 1. The second-order valence-corrected chi connectivity index (χ2v) is 9.49. The van der Waals surface area contributed by atoms with Gasteiger partial charge in [-0.05, 0) is 61.8 Å². The number of hydrogen-bond acceptors (Lipinski definition) is 4. The van der Waals surface area contributed by atoms with Gasteiger partial charge in [-0.25, -0.2) is 0 Å². The predicted octanol–water partition coefficient (Wildman–Crippen LogP) is 5.60. The van der Waals surface area contributed by atoms with E-state index in [-0.39, 0.29) is 11.1 Å². The van der Waals surface area contributed by atoms with Crippen LogP contribution in [-0.2, 0) is 5.41 Å². The van der Waals surface area contributed by atoms with Crippen molar-refractivity contribution >= 4 is 34.6 Å². The zero-order chi connectivity index (χ0) is 23.8. The molecule has 168 valence electrons. The normalized spacial score (nSPS) is 18.8. The smallest absolute Gasteiger partial charge is 0.269 e. The van der Waals surface area contributed by atoms with Crippen molar-refractivity contribution in [2.75, 3.05) is 4.90 Å². The fourth-order valence-electron chi connectivity index (χ4n) is 4.91. The third-order valence-electron chi connectivity index (χ3n) is 6.31.